The highest BCUT2D eigenvalue weighted by Gasteiger charge is 2.60. The minimum Gasteiger partial charge on any atom is -0.339 e. The van der Waals surface area contributed by atoms with Crippen LogP contribution in [0.2, 0.25) is 0 Å². The molecule has 2 amide bonds. The fourth-order valence-corrected chi connectivity index (χ4v) is 8.59. The molecule has 0 spiro atoms. The Balaban J connectivity index is 1.13. The van der Waals surface area contributed by atoms with Crippen molar-refractivity contribution in [3.05, 3.63) is 35.9 Å². The molecule has 2 unspecified atom stereocenters. The summed E-state index contributed by atoms with van der Waals surface area (Å²) in [5.41, 5.74) is 1.16. The molecule has 0 N–H and O–H groups in total. The van der Waals surface area contributed by atoms with Crippen LogP contribution in [0.25, 0.3) is 0 Å². The number of piperazine rings is 1. The minimum absolute atomic E-state index is 0.130. The molecule has 1 aromatic rings. The third-order valence-corrected chi connectivity index (χ3v) is 8.99. The van der Waals surface area contributed by atoms with Crippen molar-refractivity contribution in [2.75, 3.05) is 26.2 Å². The van der Waals surface area contributed by atoms with Gasteiger partial charge in [0, 0.05) is 36.9 Å². The predicted octanol–water partition coefficient (Wildman–Crippen LogP) is 4.41. The van der Waals surface area contributed by atoms with E-state index in [0.717, 1.165) is 43.9 Å². The average molecular weight is 473 g/mol. The van der Waals surface area contributed by atoms with Gasteiger partial charge in [-0.05, 0) is 68.8 Å². The molecule has 1 heterocycles. The van der Waals surface area contributed by atoms with E-state index < -0.39 is 0 Å². The maximum Gasteiger partial charge on any atom is 0.228 e. The molecule has 6 rings (SSSR count). The molecule has 4 saturated carbocycles. The van der Waals surface area contributed by atoms with Crippen molar-refractivity contribution in [1.29, 1.82) is 0 Å². The van der Waals surface area contributed by atoms with Crippen molar-refractivity contribution in [3.63, 3.8) is 0 Å². The largest absolute Gasteiger partial charge is 0.339 e. The van der Waals surface area contributed by atoms with Gasteiger partial charge in [0.25, 0.3) is 0 Å². The van der Waals surface area contributed by atoms with Gasteiger partial charge in [-0.25, -0.2) is 0 Å². The van der Waals surface area contributed by atoms with E-state index in [1.807, 2.05) is 11.0 Å². The van der Waals surface area contributed by atoms with Gasteiger partial charge in [0.2, 0.25) is 11.8 Å². The number of carbonyl (C=O) groups is 2. The van der Waals surface area contributed by atoms with E-state index in [1.54, 1.807) is 0 Å². The first-order valence-corrected chi connectivity index (χ1v) is 12.5. The normalized spacial score (nSPS) is 35.0. The molecule has 1 aliphatic heterocycles. The summed E-state index contributed by atoms with van der Waals surface area (Å²) in [7, 11) is 0. The number of carbonyl (C=O) groups excluding carboxylic acids is 2. The van der Waals surface area contributed by atoms with Crippen molar-refractivity contribution < 1.29 is 9.59 Å². The van der Waals surface area contributed by atoms with Gasteiger partial charge >= 0.3 is 0 Å². The molecule has 5 fully saturated rings. The molecule has 0 aromatic heterocycles. The van der Waals surface area contributed by atoms with Crippen molar-refractivity contribution in [3.8, 4) is 0 Å². The van der Waals surface area contributed by atoms with Gasteiger partial charge in [0.1, 0.15) is 0 Å². The standard InChI is InChI=1S/C25H33BrN2O2/c26-25-16-20-13-21(17-25)15-24(14-20,18-25)23(30)28-11-9-27(10-12-28)22(29)8-4-7-19-5-2-1-3-6-19/h1-3,5-6,20-21H,4,7-18H2. The zero-order valence-electron chi connectivity index (χ0n) is 17.8. The highest BCUT2D eigenvalue weighted by Crippen LogP contribution is 2.64. The van der Waals surface area contributed by atoms with Crippen LogP contribution in [0.4, 0.5) is 0 Å². The molecular weight excluding hydrogens is 440 g/mol. The summed E-state index contributed by atoms with van der Waals surface area (Å²) in [6, 6.07) is 10.4. The minimum atomic E-state index is -0.130. The van der Waals surface area contributed by atoms with Gasteiger partial charge in [-0.15, -0.1) is 0 Å². The zero-order valence-corrected chi connectivity index (χ0v) is 19.4. The van der Waals surface area contributed by atoms with Crippen LogP contribution >= 0.6 is 15.9 Å². The van der Waals surface area contributed by atoms with Gasteiger partial charge in [0.05, 0.1) is 5.41 Å². The first kappa shape index (κ1) is 20.5. The van der Waals surface area contributed by atoms with Crippen LogP contribution in [-0.4, -0.2) is 52.1 Å². The topological polar surface area (TPSA) is 40.6 Å². The van der Waals surface area contributed by atoms with Crippen LogP contribution in [0.1, 0.15) is 56.9 Å². The lowest BCUT2D eigenvalue weighted by Gasteiger charge is -2.60. The maximum atomic E-state index is 13.6. The fourth-order valence-electron chi connectivity index (χ4n) is 7.14. The Labute approximate surface area is 188 Å². The summed E-state index contributed by atoms with van der Waals surface area (Å²) >= 11 is 4.03. The number of aryl methyl sites for hydroxylation is 1. The van der Waals surface area contributed by atoms with E-state index in [9.17, 15) is 9.59 Å². The lowest BCUT2D eigenvalue weighted by Crippen LogP contribution is -2.61. The summed E-state index contributed by atoms with van der Waals surface area (Å²) in [4.78, 5) is 30.3. The Hall–Kier alpha value is -1.36. The Morgan fingerprint density at radius 3 is 2.20 bits per heavy atom. The third kappa shape index (κ3) is 3.94. The van der Waals surface area contributed by atoms with E-state index in [2.05, 4.69) is 45.1 Å². The summed E-state index contributed by atoms with van der Waals surface area (Å²) < 4.78 is 0.212. The molecule has 30 heavy (non-hydrogen) atoms. The summed E-state index contributed by atoms with van der Waals surface area (Å²) in [5, 5.41) is 0. The third-order valence-electron chi connectivity index (χ3n) is 8.06. The number of rotatable bonds is 5. The fraction of sp³-hybridized carbons (Fsp3) is 0.680. The number of hydrogen-bond acceptors (Lipinski definition) is 2. The Bertz CT molecular complexity index is 789. The quantitative estimate of drug-likeness (QED) is 0.595. The number of benzene rings is 1. The molecule has 162 valence electrons. The number of hydrogen-bond donors (Lipinski definition) is 0. The molecule has 4 aliphatic carbocycles. The molecule has 4 nitrogen and oxygen atoms in total. The van der Waals surface area contributed by atoms with Gasteiger partial charge in [-0.2, -0.15) is 0 Å². The Kier molecular flexibility index (Phi) is 5.45. The highest BCUT2D eigenvalue weighted by molar-refractivity contribution is 9.10. The monoisotopic (exact) mass is 472 g/mol. The molecular formula is C25H33BrN2O2. The number of halogens is 1. The van der Waals surface area contributed by atoms with Crippen LogP contribution in [0.3, 0.4) is 0 Å². The van der Waals surface area contributed by atoms with Crippen molar-refractivity contribution >= 4 is 27.7 Å². The van der Waals surface area contributed by atoms with E-state index in [0.29, 0.717) is 38.5 Å². The smallest absolute Gasteiger partial charge is 0.228 e. The molecule has 5 heteroatoms. The lowest BCUT2D eigenvalue weighted by molar-refractivity contribution is -0.158. The maximum absolute atomic E-state index is 13.6. The van der Waals surface area contributed by atoms with E-state index in [4.69, 9.17) is 0 Å². The van der Waals surface area contributed by atoms with E-state index >= 15 is 0 Å². The SMILES string of the molecule is O=C(CCCc1ccccc1)N1CCN(C(=O)C23CC4CC(CC(Br)(C4)C2)C3)CC1. The Morgan fingerprint density at radius 2 is 1.57 bits per heavy atom. The molecule has 4 bridgehead atoms. The second-order valence-corrected chi connectivity index (χ2v) is 12.1. The van der Waals surface area contributed by atoms with Gasteiger partial charge < -0.3 is 9.80 Å². The average Bonchev–Trinajstić information content (AvgIpc) is 2.72. The van der Waals surface area contributed by atoms with Gasteiger partial charge in [0.15, 0.2) is 0 Å². The zero-order chi connectivity index (χ0) is 20.8. The van der Waals surface area contributed by atoms with Crippen molar-refractivity contribution in [2.24, 2.45) is 17.3 Å². The molecule has 1 aromatic carbocycles. The first-order valence-electron chi connectivity index (χ1n) is 11.7. The first-order chi connectivity index (χ1) is 14.4. The molecule has 2 atom stereocenters. The second kappa shape index (κ2) is 7.96. The lowest BCUT2D eigenvalue weighted by atomic mass is 9.49. The molecule has 1 saturated heterocycles. The van der Waals surface area contributed by atoms with Crippen molar-refractivity contribution in [2.45, 2.75) is 62.1 Å². The van der Waals surface area contributed by atoms with Crippen LogP contribution < -0.4 is 0 Å². The van der Waals surface area contributed by atoms with E-state index in [-0.39, 0.29) is 15.6 Å². The van der Waals surface area contributed by atoms with Crippen LogP contribution in [0.15, 0.2) is 30.3 Å². The summed E-state index contributed by atoms with van der Waals surface area (Å²) in [6.45, 7) is 2.79. The summed E-state index contributed by atoms with van der Waals surface area (Å²) in [6.07, 6.45) is 9.47. The Morgan fingerprint density at radius 1 is 0.933 bits per heavy atom. The molecule has 5 aliphatic rings. The van der Waals surface area contributed by atoms with Crippen LogP contribution in [-0.2, 0) is 16.0 Å². The number of nitrogens with zero attached hydrogens (tertiary/aromatic N) is 2. The highest BCUT2D eigenvalue weighted by atomic mass is 79.9. The predicted molar refractivity (Wildman–Crippen MR) is 121 cm³/mol. The second-order valence-electron chi connectivity index (χ2n) is 10.4. The molecule has 0 radical (unpaired) electrons. The van der Waals surface area contributed by atoms with Crippen molar-refractivity contribution in [1.82, 2.24) is 9.80 Å². The van der Waals surface area contributed by atoms with E-state index in [1.165, 1.54) is 24.8 Å². The number of amides is 2. The van der Waals surface area contributed by atoms with Gasteiger partial charge in [-0.1, -0.05) is 46.3 Å². The van der Waals surface area contributed by atoms with Gasteiger partial charge in [-0.3, -0.25) is 9.59 Å². The number of alkyl halides is 1. The van der Waals surface area contributed by atoms with Crippen LogP contribution in [0, 0.1) is 17.3 Å². The summed E-state index contributed by atoms with van der Waals surface area (Å²) in [5.74, 6) is 2.08. The van der Waals surface area contributed by atoms with Crippen LogP contribution in [0.5, 0.6) is 0 Å².